The summed E-state index contributed by atoms with van der Waals surface area (Å²) < 4.78 is 0. The second kappa shape index (κ2) is 7.01. The standard InChI is InChI=1S/C14H28N2S/c1-2-15-12-14(6-3-4-7-14)13-16-8-5-10-17-11-9-16/h15H,2-13H2,1H3. The van der Waals surface area contributed by atoms with Crippen molar-refractivity contribution in [1.29, 1.82) is 0 Å². The fraction of sp³-hybridized carbons (Fsp3) is 1.00. The molecule has 0 aromatic rings. The van der Waals surface area contributed by atoms with E-state index in [1.165, 1.54) is 69.8 Å². The van der Waals surface area contributed by atoms with Crippen molar-refractivity contribution < 1.29 is 0 Å². The summed E-state index contributed by atoms with van der Waals surface area (Å²) in [6, 6.07) is 0. The van der Waals surface area contributed by atoms with Crippen LogP contribution in [-0.4, -0.2) is 49.1 Å². The largest absolute Gasteiger partial charge is 0.316 e. The molecule has 1 aliphatic carbocycles. The quantitative estimate of drug-likeness (QED) is 0.814. The fourth-order valence-electron chi connectivity index (χ4n) is 3.34. The molecule has 2 nitrogen and oxygen atoms in total. The van der Waals surface area contributed by atoms with Crippen LogP contribution >= 0.6 is 11.8 Å². The van der Waals surface area contributed by atoms with Gasteiger partial charge in [-0.05, 0) is 43.5 Å². The lowest BCUT2D eigenvalue weighted by Crippen LogP contribution is -2.43. The fourth-order valence-corrected chi connectivity index (χ4v) is 4.26. The van der Waals surface area contributed by atoms with Crippen LogP contribution in [0.3, 0.4) is 0 Å². The van der Waals surface area contributed by atoms with Gasteiger partial charge in [-0.2, -0.15) is 11.8 Å². The summed E-state index contributed by atoms with van der Waals surface area (Å²) in [6.45, 7) is 8.59. The van der Waals surface area contributed by atoms with Crippen molar-refractivity contribution in [1.82, 2.24) is 10.2 Å². The minimum atomic E-state index is 0.602. The summed E-state index contributed by atoms with van der Waals surface area (Å²) in [7, 11) is 0. The average Bonchev–Trinajstić information content (AvgIpc) is 2.64. The van der Waals surface area contributed by atoms with E-state index < -0.39 is 0 Å². The Kier molecular flexibility index (Phi) is 5.64. The second-order valence-electron chi connectivity index (χ2n) is 5.73. The van der Waals surface area contributed by atoms with E-state index in [2.05, 4.69) is 28.9 Å². The first kappa shape index (κ1) is 13.7. The van der Waals surface area contributed by atoms with Gasteiger partial charge >= 0.3 is 0 Å². The summed E-state index contributed by atoms with van der Waals surface area (Å²) in [5.41, 5.74) is 0.602. The number of hydrogen-bond donors (Lipinski definition) is 1. The van der Waals surface area contributed by atoms with E-state index in [-0.39, 0.29) is 0 Å². The van der Waals surface area contributed by atoms with E-state index >= 15 is 0 Å². The lowest BCUT2D eigenvalue weighted by Gasteiger charge is -2.35. The molecule has 2 fully saturated rings. The molecule has 0 spiro atoms. The highest BCUT2D eigenvalue weighted by atomic mass is 32.2. The molecular weight excluding hydrogens is 228 g/mol. The smallest absolute Gasteiger partial charge is 0.00726 e. The molecular formula is C14H28N2S. The highest BCUT2D eigenvalue weighted by Crippen LogP contribution is 2.38. The molecule has 0 atom stereocenters. The van der Waals surface area contributed by atoms with Crippen LogP contribution in [0.1, 0.15) is 39.0 Å². The van der Waals surface area contributed by atoms with E-state index in [9.17, 15) is 0 Å². The molecule has 0 bridgehead atoms. The van der Waals surface area contributed by atoms with Gasteiger partial charge in [0.15, 0.2) is 0 Å². The number of nitrogens with zero attached hydrogens (tertiary/aromatic N) is 1. The highest BCUT2D eigenvalue weighted by Gasteiger charge is 2.35. The first-order valence-corrected chi connectivity index (χ1v) is 8.51. The van der Waals surface area contributed by atoms with Crippen molar-refractivity contribution in [3.05, 3.63) is 0 Å². The molecule has 2 aliphatic rings. The predicted molar refractivity (Wildman–Crippen MR) is 77.8 cm³/mol. The van der Waals surface area contributed by atoms with Crippen LogP contribution in [0, 0.1) is 5.41 Å². The molecule has 1 N–H and O–H groups in total. The normalized spacial score (nSPS) is 25.9. The average molecular weight is 256 g/mol. The van der Waals surface area contributed by atoms with Crippen LogP contribution in [0.25, 0.3) is 0 Å². The monoisotopic (exact) mass is 256 g/mol. The van der Waals surface area contributed by atoms with Gasteiger partial charge in [0, 0.05) is 25.4 Å². The van der Waals surface area contributed by atoms with Crippen LogP contribution in [0.2, 0.25) is 0 Å². The molecule has 1 saturated carbocycles. The number of thioether (sulfide) groups is 1. The van der Waals surface area contributed by atoms with E-state index in [0.717, 1.165) is 6.54 Å². The Labute approximate surface area is 111 Å². The predicted octanol–water partition coefficient (Wildman–Crippen LogP) is 2.60. The molecule has 1 saturated heterocycles. The third-order valence-corrected chi connectivity index (χ3v) is 5.34. The van der Waals surface area contributed by atoms with Crippen molar-refractivity contribution in [2.75, 3.05) is 44.2 Å². The Hall–Kier alpha value is 0.270. The Morgan fingerprint density at radius 1 is 1.12 bits per heavy atom. The Bertz CT molecular complexity index is 206. The van der Waals surface area contributed by atoms with Crippen LogP contribution < -0.4 is 5.32 Å². The van der Waals surface area contributed by atoms with Gasteiger partial charge in [0.05, 0.1) is 0 Å². The zero-order chi connectivity index (χ0) is 12.0. The van der Waals surface area contributed by atoms with Gasteiger partial charge < -0.3 is 10.2 Å². The first-order chi connectivity index (χ1) is 8.35. The van der Waals surface area contributed by atoms with E-state index in [0.29, 0.717) is 5.41 Å². The van der Waals surface area contributed by atoms with Gasteiger partial charge in [-0.15, -0.1) is 0 Å². The minimum Gasteiger partial charge on any atom is -0.316 e. The number of nitrogens with one attached hydrogen (secondary N) is 1. The molecule has 100 valence electrons. The summed E-state index contributed by atoms with van der Waals surface area (Å²) >= 11 is 2.14. The Balaban J connectivity index is 1.87. The van der Waals surface area contributed by atoms with Crippen molar-refractivity contribution in [2.45, 2.75) is 39.0 Å². The van der Waals surface area contributed by atoms with Gasteiger partial charge in [0.25, 0.3) is 0 Å². The van der Waals surface area contributed by atoms with Crippen molar-refractivity contribution in [3.8, 4) is 0 Å². The maximum Gasteiger partial charge on any atom is 0.00726 e. The molecule has 3 heteroatoms. The lowest BCUT2D eigenvalue weighted by molar-refractivity contribution is 0.157. The number of rotatable bonds is 5. The van der Waals surface area contributed by atoms with Crippen molar-refractivity contribution in [3.63, 3.8) is 0 Å². The van der Waals surface area contributed by atoms with Crippen LogP contribution in [0.4, 0.5) is 0 Å². The summed E-state index contributed by atoms with van der Waals surface area (Å²) in [5.74, 6) is 2.72. The third-order valence-electron chi connectivity index (χ3n) is 4.29. The zero-order valence-electron chi connectivity index (χ0n) is 11.3. The molecule has 0 aromatic heterocycles. The van der Waals surface area contributed by atoms with Crippen LogP contribution in [-0.2, 0) is 0 Å². The maximum atomic E-state index is 3.60. The molecule has 1 heterocycles. The lowest BCUT2D eigenvalue weighted by atomic mass is 9.85. The molecule has 0 aromatic carbocycles. The van der Waals surface area contributed by atoms with E-state index in [1.54, 1.807) is 0 Å². The van der Waals surface area contributed by atoms with Gasteiger partial charge in [0.2, 0.25) is 0 Å². The summed E-state index contributed by atoms with van der Waals surface area (Å²) in [4.78, 5) is 2.74. The summed E-state index contributed by atoms with van der Waals surface area (Å²) in [6.07, 6.45) is 7.19. The van der Waals surface area contributed by atoms with Crippen molar-refractivity contribution in [2.24, 2.45) is 5.41 Å². The molecule has 0 unspecified atom stereocenters. The van der Waals surface area contributed by atoms with Crippen LogP contribution in [0.15, 0.2) is 0 Å². The van der Waals surface area contributed by atoms with Gasteiger partial charge in [0.1, 0.15) is 0 Å². The van der Waals surface area contributed by atoms with Gasteiger partial charge in [-0.1, -0.05) is 19.8 Å². The number of hydrogen-bond acceptors (Lipinski definition) is 3. The topological polar surface area (TPSA) is 15.3 Å². The van der Waals surface area contributed by atoms with Crippen molar-refractivity contribution >= 4 is 11.8 Å². The summed E-state index contributed by atoms with van der Waals surface area (Å²) in [5, 5.41) is 3.60. The Morgan fingerprint density at radius 3 is 2.71 bits per heavy atom. The van der Waals surface area contributed by atoms with Crippen LogP contribution in [0.5, 0.6) is 0 Å². The first-order valence-electron chi connectivity index (χ1n) is 7.35. The van der Waals surface area contributed by atoms with Gasteiger partial charge in [-0.3, -0.25) is 0 Å². The third kappa shape index (κ3) is 4.15. The molecule has 1 aliphatic heterocycles. The molecule has 17 heavy (non-hydrogen) atoms. The molecule has 2 rings (SSSR count). The SMILES string of the molecule is CCNCC1(CN2CCCSCC2)CCCC1. The maximum absolute atomic E-state index is 3.60. The zero-order valence-corrected chi connectivity index (χ0v) is 12.2. The minimum absolute atomic E-state index is 0.602. The molecule has 0 amide bonds. The highest BCUT2D eigenvalue weighted by molar-refractivity contribution is 7.99. The second-order valence-corrected chi connectivity index (χ2v) is 6.95. The molecule has 0 radical (unpaired) electrons. The van der Waals surface area contributed by atoms with E-state index in [4.69, 9.17) is 0 Å². The van der Waals surface area contributed by atoms with E-state index in [1.807, 2.05) is 0 Å². The Morgan fingerprint density at radius 2 is 1.94 bits per heavy atom. The van der Waals surface area contributed by atoms with Gasteiger partial charge in [-0.25, -0.2) is 0 Å².